The normalized spacial score (nSPS) is 12.2. The number of hydrogen-bond acceptors (Lipinski definition) is 3. The van der Waals surface area contributed by atoms with Crippen LogP contribution in [-0.4, -0.2) is 11.5 Å². The molecule has 94 valence electrons. The summed E-state index contributed by atoms with van der Waals surface area (Å²) in [6, 6.07) is 9.31. The van der Waals surface area contributed by atoms with Gasteiger partial charge in [-0.1, -0.05) is 23.7 Å². The van der Waals surface area contributed by atoms with E-state index < -0.39 is 0 Å². The van der Waals surface area contributed by atoms with Crippen LogP contribution >= 0.6 is 27.5 Å². The van der Waals surface area contributed by atoms with Gasteiger partial charge in [-0.25, -0.2) is 0 Å². The molecule has 3 nitrogen and oxygen atoms in total. The molecule has 18 heavy (non-hydrogen) atoms. The standard InChI is InChI=1S/C13H12BrClN2O/c14-10-5-12(8-17-7-10)18-13(6-16)9-1-3-11(15)4-2-9/h1-5,7-8,13H,6,16H2. The zero-order valence-electron chi connectivity index (χ0n) is 9.51. The van der Waals surface area contributed by atoms with Crippen LogP contribution in [-0.2, 0) is 0 Å². The largest absolute Gasteiger partial charge is 0.483 e. The number of benzene rings is 1. The third-order valence-corrected chi connectivity index (χ3v) is 3.10. The van der Waals surface area contributed by atoms with E-state index in [0.717, 1.165) is 10.0 Å². The summed E-state index contributed by atoms with van der Waals surface area (Å²) in [6.07, 6.45) is 3.15. The van der Waals surface area contributed by atoms with Crippen LogP contribution in [0.25, 0.3) is 0 Å². The molecule has 2 rings (SSSR count). The molecule has 0 spiro atoms. The van der Waals surface area contributed by atoms with Crippen LogP contribution in [0.4, 0.5) is 0 Å². The van der Waals surface area contributed by atoms with E-state index in [2.05, 4.69) is 20.9 Å². The van der Waals surface area contributed by atoms with E-state index in [0.29, 0.717) is 17.3 Å². The van der Waals surface area contributed by atoms with Crippen molar-refractivity contribution in [3.8, 4) is 5.75 Å². The summed E-state index contributed by atoms with van der Waals surface area (Å²) < 4.78 is 6.68. The van der Waals surface area contributed by atoms with Crippen molar-refractivity contribution >= 4 is 27.5 Å². The van der Waals surface area contributed by atoms with Gasteiger partial charge in [0.1, 0.15) is 11.9 Å². The summed E-state index contributed by atoms with van der Waals surface area (Å²) in [5.74, 6) is 0.676. The second kappa shape index (κ2) is 6.18. The molecule has 1 unspecified atom stereocenters. The first-order valence-electron chi connectivity index (χ1n) is 5.42. The predicted octanol–water partition coefficient (Wildman–Crippen LogP) is 3.58. The number of ether oxygens (including phenoxy) is 1. The molecule has 0 amide bonds. The van der Waals surface area contributed by atoms with Crippen molar-refractivity contribution < 1.29 is 4.74 Å². The number of pyridine rings is 1. The second-order valence-corrected chi connectivity index (χ2v) is 5.08. The number of aromatic nitrogens is 1. The first kappa shape index (κ1) is 13.3. The number of halogens is 2. The van der Waals surface area contributed by atoms with E-state index in [4.69, 9.17) is 22.1 Å². The Bertz CT molecular complexity index is 519. The molecule has 0 saturated heterocycles. The SMILES string of the molecule is NCC(Oc1cncc(Br)c1)c1ccc(Cl)cc1. The number of nitrogens with two attached hydrogens (primary N) is 1. The minimum Gasteiger partial charge on any atom is -0.483 e. The molecular weight excluding hydrogens is 316 g/mol. The van der Waals surface area contributed by atoms with Crippen molar-refractivity contribution in [1.82, 2.24) is 4.98 Å². The van der Waals surface area contributed by atoms with Gasteiger partial charge in [-0.2, -0.15) is 0 Å². The van der Waals surface area contributed by atoms with Gasteiger partial charge in [0.25, 0.3) is 0 Å². The molecule has 1 atom stereocenters. The van der Waals surface area contributed by atoms with Crippen LogP contribution in [0.3, 0.4) is 0 Å². The van der Waals surface area contributed by atoms with E-state index in [-0.39, 0.29) is 6.10 Å². The summed E-state index contributed by atoms with van der Waals surface area (Å²) >= 11 is 9.20. The van der Waals surface area contributed by atoms with Crippen LogP contribution in [0.5, 0.6) is 5.75 Å². The zero-order chi connectivity index (χ0) is 13.0. The van der Waals surface area contributed by atoms with Crippen LogP contribution in [0.1, 0.15) is 11.7 Å². The van der Waals surface area contributed by atoms with Gasteiger partial charge in [0.05, 0.1) is 6.20 Å². The Labute approximate surface area is 119 Å². The molecule has 0 aliphatic rings. The monoisotopic (exact) mass is 326 g/mol. The van der Waals surface area contributed by atoms with E-state index >= 15 is 0 Å². The van der Waals surface area contributed by atoms with E-state index in [9.17, 15) is 0 Å². The zero-order valence-corrected chi connectivity index (χ0v) is 11.9. The third-order valence-electron chi connectivity index (χ3n) is 2.41. The minimum absolute atomic E-state index is 0.210. The van der Waals surface area contributed by atoms with Gasteiger partial charge in [-0.3, -0.25) is 4.98 Å². The number of rotatable bonds is 4. The van der Waals surface area contributed by atoms with Gasteiger partial charge in [0, 0.05) is 22.2 Å². The second-order valence-electron chi connectivity index (χ2n) is 3.73. The average Bonchev–Trinajstić information content (AvgIpc) is 2.37. The molecule has 1 heterocycles. The van der Waals surface area contributed by atoms with Crippen molar-refractivity contribution in [2.24, 2.45) is 5.73 Å². The summed E-state index contributed by atoms with van der Waals surface area (Å²) in [5.41, 5.74) is 6.73. The van der Waals surface area contributed by atoms with Crippen molar-refractivity contribution in [2.75, 3.05) is 6.54 Å². The van der Waals surface area contributed by atoms with Gasteiger partial charge in [-0.05, 0) is 39.7 Å². The molecule has 0 bridgehead atoms. The van der Waals surface area contributed by atoms with Gasteiger partial charge in [-0.15, -0.1) is 0 Å². The molecule has 0 radical (unpaired) electrons. The fourth-order valence-electron chi connectivity index (χ4n) is 1.55. The molecule has 1 aromatic heterocycles. The Hall–Kier alpha value is -1.10. The number of nitrogens with zero attached hydrogens (tertiary/aromatic N) is 1. The summed E-state index contributed by atoms with van der Waals surface area (Å²) in [7, 11) is 0. The Kier molecular flexibility index (Phi) is 4.58. The van der Waals surface area contributed by atoms with Gasteiger partial charge < -0.3 is 10.5 Å². The van der Waals surface area contributed by atoms with Crippen molar-refractivity contribution in [1.29, 1.82) is 0 Å². The predicted molar refractivity (Wildman–Crippen MR) is 75.8 cm³/mol. The molecule has 2 N–H and O–H groups in total. The van der Waals surface area contributed by atoms with Gasteiger partial charge >= 0.3 is 0 Å². The van der Waals surface area contributed by atoms with Crippen LogP contribution in [0, 0.1) is 0 Å². The van der Waals surface area contributed by atoms with Gasteiger partial charge in [0.2, 0.25) is 0 Å². The Morgan fingerprint density at radius 3 is 2.61 bits per heavy atom. The molecule has 1 aromatic carbocycles. The maximum atomic E-state index is 5.85. The molecular formula is C13H12BrClN2O. The van der Waals surface area contributed by atoms with E-state index in [1.54, 1.807) is 12.4 Å². The molecule has 0 saturated carbocycles. The fraction of sp³-hybridized carbons (Fsp3) is 0.154. The number of hydrogen-bond donors (Lipinski definition) is 1. The highest BCUT2D eigenvalue weighted by Gasteiger charge is 2.11. The Morgan fingerprint density at radius 1 is 1.28 bits per heavy atom. The molecule has 2 aromatic rings. The Morgan fingerprint density at radius 2 is 2.00 bits per heavy atom. The highest BCUT2D eigenvalue weighted by atomic mass is 79.9. The highest BCUT2D eigenvalue weighted by Crippen LogP contribution is 2.24. The highest BCUT2D eigenvalue weighted by molar-refractivity contribution is 9.10. The molecule has 0 aliphatic carbocycles. The van der Waals surface area contributed by atoms with Crippen molar-refractivity contribution in [3.05, 3.63) is 57.8 Å². The third kappa shape index (κ3) is 3.45. The lowest BCUT2D eigenvalue weighted by atomic mass is 10.1. The first-order valence-corrected chi connectivity index (χ1v) is 6.59. The lowest BCUT2D eigenvalue weighted by Gasteiger charge is -2.17. The lowest BCUT2D eigenvalue weighted by Crippen LogP contribution is -2.18. The van der Waals surface area contributed by atoms with Crippen molar-refractivity contribution in [3.63, 3.8) is 0 Å². The quantitative estimate of drug-likeness (QED) is 0.934. The van der Waals surface area contributed by atoms with E-state index in [1.807, 2.05) is 30.3 Å². The summed E-state index contributed by atoms with van der Waals surface area (Å²) in [5, 5.41) is 0.693. The maximum absolute atomic E-state index is 5.85. The van der Waals surface area contributed by atoms with E-state index in [1.165, 1.54) is 0 Å². The molecule has 5 heteroatoms. The summed E-state index contributed by atoms with van der Waals surface area (Å²) in [6.45, 7) is 0.383. The smallest absolute Gasteiger partial charge is 0.139 e. The van der Waals surface area contributed by atoms with Crippen LogP contribution in [0.15, 0.2) is 47.2 Å². The first-order chi connectivity index (χ1) is 8.69. The maximum Gasteiger partial charge on any atom is 0.139 e. The van der Waals surface area contributed by atoms with Crippen LogP contribution in [0.2, 0.25) is 5.02 Å². The van der Waals surface area contributed by atoms with Gasteiger partial charge in [0.15, 0.2) is 0 Å². The minimum atomic E-state index is -0.210. The molecule has 0 fully saturated rings. The molecule has 0 aliphatic heterocycles. The lowest BCUT2D eigenvalue weighted by molar-refractivity contribution is 0.213. The summed E-state index contributed by atoms with van der Waals surface area (Å²) in [4.78, 5) is 4.05. The van der Waals surface area contributed by atoms with Crippen molar-refractivity contribution in [2.45, 2.75) is 6.10 Å². The fourth-order valence-corrected chi connectivity index (χ4v) is 2.02. The Balaban J connectivity index is 2.17. The topological polar surface area (TPSA) is 48.1 Å². The average molecular weight is 328 g/mol. The van der Waals surface area contributed by atoms with Crippen LogP contribution < -0.4 is 10.5 Å².